The number of hydrogen-bond donors (Lipinski definition) is 1. The zero-order valence-electron chi connectivity index (χ0n) is 17.3. The molecule has 3 nitrogen and oxygen atoms in total. The molecule has 5 rings (SSSR count). The smallest absolute Gasteiger partial charge is 0.115 e. The molecular formula is C25H30ClNO2S. The van der Waals surface area contributed by atoms with Crippen molar-refractivity contribution in [1.29, 1.82) is 0 Å². The topological polar surface area (TPSA) is 55.0 Å². The second-order valence-electron chi connectivity index (χ2n) is 8.35. The Bertz CT molecular complexity index is 963. The van der Waals surface area contributed by atoms with Gasteiger partial charge in [0, 0.05) is 22.9 Å². The molecule has 3 atom stereocenters. The molecule has 1 aliphatic heterocycles. The minimum atomic E-state index is -0.00230. The summed E-state index contributed by atoms with van der Waals surface area (Å²) in [5.41, 5.74) is 4.15. The van der Waals surface area contributed by atoms with E-state index in [4.69, 9.17) is 0 Å². The van der Waals surface area contributed by atoms with Gasteiger partial charge in [0.2, 0.25) is 0 Å². The molecular weight excluding hydrogens is 414 g/mol. The molecule has 2 heterocycles. The van der Waals surface area contributed by atoms with Gasteiger partial charge in [-0.15, -0.1) is 23.7 Å². The maximum Gasteiger partial charge on any atom is 0.115 e. The fourth-order valence-electron chi connectivity index (χ4n) is 5.71. The molecule has 3 N–H and O–H groups in total. The largest absolute Gasteiger partial charge is 0.508 e. The highest BCUT2D eigenvalue weighted by molar-refractivity contribution is 7.09. The molecule has 3 aromatic rings. The molecule has 5 heteroatoms. The predicted molar refractivity (Wildman–Crippen MR) is 127 cm³/mol. The third kappa shape index (κ3) is 3.67. The lowest BCUT2D eigenvalue weighted by atomic mass is 9.55. The van der Waals surface area contributed by atoms with Crippen molar-refractivity contribution < 1.29 is 10.6 Å². The lowest BCUT2D eigenvalue weighted by molar-refractivity contribution is 0.0419. The predicted octanol–water partition coefficient (Wildman–Crippen LogP) is 4.85. The summed E-state index contributed by atoms with van der Waals surface area (Å²) >= 11 is 1.87. The molecule has 30 heavy (non-hydrogen) atoms. The van der Waals surface area contributed by atoms with Crippen LogP contribution in [0, 0.1) is 5.92 Å². The van der Waals surface area contributed by atoms with E-state index in [1.807, 2.05) is 23.5 Å². The van der Waals surface area contributed by atoms with Crippen LogP contribution >= 0.6 is 23.7 Å². The molecule has 160 valence electrons. The molecule has 1 saturated heterocycles. The summed E-state index contributed by atoms with van der Waals surface area (Å²) in [5.74, 6) is 0.904. The van der Waals surface area contributed by atoms with E-state index in [0.29, 0.717) is 17.7 Å². The Balaban J connectivity index is 0.00000128. The Kier molecular flexibility index (Phi) is 6.93. The maximum atomic E-state index is 10.3. The minimum absolute atomic E-state index is 0. The average molecular weight is 444 g/mol. The van der Waals surface area contributed by atoms with E-state index in [-0.39, 0.29) is 23.3 Å². The molecule has 1 fully saturated rings. The molecule has 0 amide bonds. The molecule has 0 saturated carbocycles. The monoisotopic (exact) mass is 443 g/mol. The molecule has 1 aromatic heterocycles. The van der Waals surface area contributed by atoms with E-state index >= 15 is 0 Å². The van der Waals surface area contributed by atoms with Gasteiger partial charge in [-0.2, -0.15) is 0 Å². The summed E-state index contributed by atoms with van der Waals surface area (Å²) in [7, 11) is 0. The van der Waals surface area contributed by atoms with Crippen LogP contribution in [0.5, 0.6) is 5.75 Å². The third-order valence-electron chi connectivity index (χ3n) is 7.13. The molecule has 0 radical (unpaired) electrons. The fourth-order valence-corrected chi connectivity index (χ4v) is 6.41. The molecule has 2 aliphatic rings. The van der Waals surface area contributed by atoms with E-state index in [1.54, 1.807) is 0 Å². The van der Waals surface area contributed by atoms with Crippen molar-refractivity contribution in [2.75, 3.05) is 13.1 Å². The van der Waals surface area contributed by atoms with Crippen LogP contribution in [0.1, 0.15) is 34.9 Å². The van der Waals surface area contributed by atoms with Gasteiger partial charge in [-0.25, -0.2) is 0 Å². The van der Waals surface area contributed by atoms with Gasteiger partial charge in [0.25, 0.3) is 0 Å². The van der Waals surface area contributed by atoms with E-state index in [9.17, 15) is 5.11 Å². The van der Waals surface area contributed by atoms with Crippen LogP contribution in [-0.4, -0.2) is 34.6 Å². The Labute approximate surface area is 189 Å². The first-order valence-electron chi connectivity index (χ1n) is 10.3. The second kappa shape index (κ2) is 9.11. The summed E-state index contributed by atoms with van der Waals surface area (Å²) in [5, 5.41) is 12.4. The standard InChI is InChI=1S/C25H27NOS.ClH.H2O/c1-18-24-16-19-9-10-21(27)17-23(19)25(18,20-6-3-2-4-7-20)12-14-26(24)13-11-22-8-5-15-28-22;;/h2-10,15,17-18,24,27H,11-14,16H2,1H3;1H;1H2. The van der Waals surface area contributed by atoms with Gasteiger partial charge in [-0.1, -0.05) is 49.4 Å². The van der Waals surface area contributed by atoms with E-state index in [1.165, 1.54) is 21.6 Å². The lowest BCUT2D eigenvalue weighted by Gasteiger charge is -2.56. The van der Waals surface area contributed by atoms with Crippen LogP contribution in [0.4, 0.5) is 0 Å². The number of hydrogen-bond acceptors (Lipinski definition) is 3. The van der Waals surface area contributed by atoms with Crippen molar-refractivity contribution in [3.63, 3.8) is 0 Å². The highest BCUT2D eigenvalue weighted by Crippen LogP contribution is 2.53. The van der Waals surface area contributed by atoms with Gasteiger partial charge in [-0.3, -0.25) is 4.90 Å². The van der Waals surface area contributed by atoms with Crippen molar-refractivity contribution >= 4 is 23.7 Å². The van der Waals surface area contributed by atoms with Gasteiger partial charge in [0.1, 0.15) is 5.75 Å². The van der Waals surface area contributed by atoms with Crippen molar-refractivity contribution in [2.24, 2.45) is 5.92 Å². The number of benzene rings is 2. The highest BCUT2D eigenvalue weighted by Gasteiger charge is 2.52. The van der Waals surface area contributed by atoms with Gasteiger partial charge in [-0.05, 0) is 72.0 Å². The molecule has 1 aliphatic carbocycles. The number of phenolic OH excluding ortho intramolecular Hbond substituents is 1. The minimum Gasteiger partial charge on any atom is -0.508 e. The van der Waals surface area contributed by atoms with E-state index < -0.39 is 0 Å². The van der Waals surface area contributed by atoms with Crippen molar-refractivity contribution in [3.8, 4) is 5.75 Å². The SMILES string of the molecule is CC1C2Cc3ccc(O)cc3C1(c1ccccc1)CCN2CCc1cccs1.Cl.O. The first-order valence-corrected chi connectivity index (χ1v) is 11.2. The maximum absolute atomic E-state index is 10.3. The van der Waals surface area contributed by atoms with Crippen LogP contribution in [0.15, 0.2) is 66.0 Å². The van der Waals surface area contributed by atoms with Crippen molar-refractivity contribution in [2.45, 2.75) is 37.6 Å². The van der Waals surface area contributed by atoms with Crippen molar-refractivity contribution in [3.05, 3.63) is 87.6 Å². The first-order chi connectivity index (χ1) is 13.7. The van der Waals surface area contributed by atoms with Crippen LogP contribution in [0.2, 0.25) is 0 Å². The summed E-state index contributed by atoms with van der Waals surface area (Å²) in [6.07, 6.45) is 3.33. The van der Waals surface area contributed by atoms with E-state index in [2.05, 4.69) is 65.7 Å². The third-order valence-corrected chi connectivity index (χ3v) is 8.07. The summed E-state index contributed by atoms with van der Waals surface area (Å²) in [4.78, 5) is 4.20. The van der Waals surface area contributed by atoms with Crippen LogP contribution in [0.3, 0.4) is 0 Å². The van der Waals surface area contributed by atoms with Gasteiger partial charge in [0.15, 0.2) is 0 Å². The van der Waals surface area contributed by atoms with Crippen LogP contribution in [0.25, 0.3) is 0 Å². The van der Waals surface area contributed by atoms with Crippen molar-refractivity contribution in [1.82, 2.24) is 4.90 Å². The number of nitrogens with zero attached hydrogens (tertiary/aromatic N) is 1. The van der Waals surface area contributed by atoms with E-state index in [0.717, 1.165) is 32.4 Å². The van der Waals surface area contributed by atoms with Crippen LogP contribution < -0.4 is 0 Å². The Morgan fingerprint density at radius 3 is 2.63 bits per heavy atom. The number of halogens is 1. The van der Waals surface area contributed by atoms with Gasteiger partial charge >= 0.3 is 0 Å². The summed E-state index contributed by atoms with van der Waals surface area (Å²) in [6, 6.07) is 22.0. The van der Waals surface area contributed by atoms with Gasteiger partial charge in [0.05, 0.1) is 0 Å². The highest BCUT2D eigenvalue weighted by atomic mass is 35.5. The second-order valence-corrected chi connectivity index (χ2v) is 9.39. The number of phenols is 1. The Morgan fingerprint density at radius 1 is 1.10 bits per heavy atom. The molecule has 0 spiro atoms. The summed E-state index contributed by atoms with van der Waals surface area (Å²) < 4.78 is 0. The Hall–Kier alpha value is -1.85. The quantitative estimate of drug-likeness (QED) is 0.626. The number of aromatic hydroxyl groups is 1. The zero-order valence-corrected chi connectivity index (χ0v) is 18.9. The first kappa shape index (κ1) is 22.8. The number of fused-ring (bicyclic) bond motifs is 4. The number of piperidine rings is 1. The Morgan fingerprint density at radius 2 is 1.90 bits per heavy atom. The number of likely N-dealkylation sites (tertiary alicyclic amines) is 1. The lowest BCUT2D eigenvalue weighted by Crippen LogP contribution is -2.59. The normalized spacial score (nSPS) is 25.0. The average Bonchev–Trinajstić information content (AvgIpc) is 3.23. The van der Waals surface area contributed by atoms with Gasteiger partial charge < -0.3 is 10.6 Å². The number of rotatable bonds is 4. The molecule has 2 aromatic carbocycles. The molecule has 2 bridgehead atoms. The zero-order chi connectivity index (χ0) is 19.1. The number of thiophene rings is 1. The summed E-state index contributed by atoms with van der Waals surface area (Å²) in [6.45, 7) is 4.68. The molecule has 3 unspecified atom stereocenters. The van der Waals surface area contributed by atoms with Crippen LogP contribution in [-0.2, 0) is 18.3 Å². The fraction of sp³-hybridized carbons (Fsp3) is 0.360.